The first-order valence-corrected chi connectivity index (χ1v) is 9.11. The molecule has 2 N–H and O–H groups in total. The van der Waals surface area contributed by atoms with E-state index in [0.717, 1.165) is 12.8 Å². The third kappa shape index (κ3) is 3.90. The minimum Gasteiger partial charge on any atom is -0.480 e. The Balaban J connectivity index is 1.83. The minimum absolute atomic E-state index is 0.139. The quantitative estimate of drug-likeness (QED) is 0.794. The van der Waals surface area contributed by atoms with E-state index in [4.69, 9.17) is 11.6 Å². The molecular formula is C19H21ClN2O4. The van der Waals surface area contributed by atoms with Crippen molar-refractivity contribution in [2.75, 3.05) is 0 Å². The van der Waals surface area contributed by atoms with Crippen LogP contribution in [0.25, 0.3) is 0 Å². The number of nitrogens with zero attached hydrogens (tertiary/aromatic N) is 1. The maximum Gasteiger partial charge on any atom is 0.326 e. The van der Waals surface area contributed by atoms with Crippen LogP contribution in [0.5, 0.6) is 0 Å². The molecule has 0 unspecified atom stereocenters. The Labute approximate surface area is 156 Å². The summed E-state index contributed by atoms with van der Waals surface area (Å²) in [6.07, 6.45) is 6.81. The van der Waals surface area contributed by atoms with Crippen molar-refractivity contribution in [3.05, 3.63) is 47.0 Å². The third-order valence-electron chi connectivity index (χ3n) is 4.92. The number of halogens is 1. The lowest BCUT2D eigenvalue weighted by molar-refractivity contribution is -0.156. The Hall–Kier alpha value is -2.34. The van der Waals surface area contributed by atoms with Gasteiger partial charge in [-0.3, -0.25) is 9.59 Å². The number of amides is 2. The van der Waals surface area contributed by atoms with Crippen molar-refractivity contribution in [1.82, 2.24) is 10.2 Å². The highest BCUT2D eigenvalue weighted by molar-refractivity contribution is 6.31. The molecule has 0 aromatic heterocycles. The van der Waals surface area contributed by atoms with E-state index in [9.17, 15) is 19.5 Å². The van der Waals surface area contributed by atoms with Crippen molar-refractivity contribution in [2.24, 2.45) is 0 Å². The zero-order valence-electron chi connectivity index (χ0n) is 14.2. The fraction of sp³-hybridized carbons (Fsp3) is 0.421. The summed E-state index contributed by atoms with van der Waals surface area (Å²) < 4.78 is 0. The van der Waals surface area contributed by atoms with Crippen LogP contribution in [0.4, 0.5) is 0 Å². The Kier molecular flexibility index (Phi) is 5.61. The summed E-state index contributed by atoms with van der Waals surface area (Å²) in [5.41, 5.74) is 0.362. The molecule has 2 aliphatic rings. The molecular weight excluding hydrogens is 356 g/mol. The summed E-state index contributed by atoms with van der Waals surface area (Å²) in [4.78, 5) is 38.7. The number of hydrogen-bond donors (Lipinski definition) is 2. The van der Waals surface area contributed by atoms with E-state index < -0.39 is 24.0 Å². The van der Waals surface area contributed by atoms with Gasteiger partial charge in [0.25, 0.3) is 5.91 Å². The Morgan fingerprint density at radius 3 is 2.69 bits per heavy atom. The van der Waals surface area contributed by atoms with Gasteiger partial charge >= 0.3 is 5.97 Å². The summed E-state index contributed by atoms with van der Waals surface area (Å²) >= 11 is 5.92. The second-order valence-corrected chi connectivity index (χ2v) is 7.10. The maximum atomic E-state index is 13.1. The molecule has 7 heteroatoms. The zero-order chi connectivity index (χ0) is 18.7. The first-order chi connectivity index (χ1) is 12.5. The van der Waals surface area contributed by atoms with Crippen LogP contribution in [-0.2, 0) is 9.59 Å². The number of nitrogens with one attached hydrogen (secondary N) is 1. The fourth-order valence-corrected chi connectivity index (χ4v) is 3.84. The predicted molar refractivity (Wildman–Crippen MR) is 97.0 cm³/mol. The first-order valence-electron chi connectivity index (χ1n) is 8.74. The number of benzene rings is 1. The standard InChI is InChI=1S/C19H21ClN2O4/c20-13-6-3-5-12(11-13)17(23)21-15-9-2-1-7-14-8-4-10-16(19(25)26)22(14)18(15)24/h1-3,5-6,11,14-16H,4,7-10H2,(H,21,23)(H,25,26)/t14-,15-,16-/m0/s1. The average molecular weight is 377 g/mol. The van der Waals surface area contributed by atoms with Gasteiger partial charge in [-0.1, -0.05) is 29.8 Å². The van der Waals surface area contributed by atoms with E-state index >= 15 is 0 Å². The number of carbonyl (C=O) groups excluding carboxylic acids is 2. The molecule has 0 aliphatic carbocycles. The van der Waals surface area contributed by atoms with Crippen LogP contribution >= 0.6 is 11.6 Å². The third-order valence-corrected chi connectivity index (χ3v) is 5.16. The van der Waals surface area contributed by atoms with Gasteiger partial charge in [-0.2, -0.15) is 0 Å². The molecule has 1 aromatic carbocycles. The Morgan fingerprint density at radius 2 is 1.96 bits per heavy atom. The molecule has 3 rings (SSSR count). The zero-order valence-corrected chi connectivity index (χ0v) is 15.0. The van der Waals surface area contributed by atoms with E-state index in [1.54, 1.807) is 18.2 Å². The van der Waals surface area contributed by atoms with Crippen molar-refractivity contribution in [2.45, 2.75) is 50.2 Å². The van der Waals surface area contributed by atoms with Gasteiger partial charge in [0, 0.05) is 16.6 Å². The molecule has 0 bridgehead atoms. The predicted octanol–water partition coefficient (Wildman–Crippen LogP) is 2.62. The number of carboxylic acid groups (broad SMARTS) is 1. The van der Waals surface area contributed by atoms with Crippen LogP contribution in [-0.4, -0.2) is 45.9 Å². The number of fused-ring (bicyclic) bond motifs is 1. The molecule has 2 amide bonds. The number of rotatable bonds is 3. The lowest BCUT2D eigenvalue weighted by atomic mass is 9.90. The number of hydrogen-bond acceptors (Lipinski definition) is 3. The number of carbonyl (C=O) groups is 3. The van der Waals surface area contributed by atoms with Gasteiger partial charge in [0.15, 0.2) is 0 Å². The molecule has 1 fully saturated rings. The van der Waals surface area contributed by atoms with E-state index in [1.165, 1.54) is 11.0 Å². The van der Waals surface area contributed by atoms with Crippen LogP contribution in [0.2, 0.25) is 5.02 Å². The number of aliphatic carboxylic acids is 1. The summed E-state index contributed by atoms with van der Waals surface area (Å²) in [6, 6.07) is 4.71. The summed E-state index contributed by atoms with van der Waals surface area (Å²) in [5, 5.41) is 12.7. The molecule has 138 valence electrons. The van der Waals surface area contributed by atoms with Gasteiger partial charge < -0.3 is 15.3 Å². The van der Waals surface area contributed by atoms with E-state index in [2.05, 4.69) is 5.32 Å². The van der Waals surface area contributed by atoms with E-state index in [1.807, 2.05) is 12.2 Å². The molecule has 26 heavy (non-hydrogen) atoms. The lowest BCUT2D eigenvalue weighted by Gasteiger charge is -2.42. The summed E-state index contributed by atoms with van der Waals surface area (Å²) in [7, 11) is 0. The van der Waals surface area contributed by atoms with Gasteiger partial charge in [-0.05, 0) is 50.3 Å². The highest BCUT2D eigenvalue weighted by Gasteiger charge is 2.41. The molecule has 2 heterocycles. The van der Waals surface area contributed by atoms with Crippen molar-refractivity contribution in [3.63, 3.8) is 0 Å². The van der Waals surface area contributed by atoms with Gasteiger partial charge in [0.1, 0.15) is 12.1 Å². The van der Waals surface area contributed by atoms with Gasteiger partial charge in [-0.15, -0.1) is 0 Å². The van der Waals surface area contributed by atoms with Crippen molar-refractivity contribution >= 4 is 29.4 Å². The molecule has 0 saturated carbocycles. The van der Waals surface area contributed by atoms with Crippen molar-refractivity contribution < 1.29 is 19.5 Å². The molecule has 1 aromatic rings. The van der Waals surface area contributed by atoms with Crippen LogP contribution < -0.4 is 5.32 Å². The average Bonchev–Trinajstić information content (AvgIpc) is 2.61. The van der Waals surface area contributed by atoms with E-state index in [-0.39, 0.29) is 11.9 Å². The fourth-order valence-electron chi connectivity index (χ4n) is 3.65. The van der Waals surface area contributed by atoms with Gasteiger partial charge in [0.2, 0.25) is 5.91 Å². The van der Waals surface area contributed by atoms with Crippen LogP contribution in [0.15, 0.2) is 36.4 Å². The van der Waals surface area contributed by atoms with Crippen molar-refractivity contribution in [1.29, 1.82) is 0 Å². The molecule has 0 radical (unpaired) electrons. The van der Waals surface area contributed by atoms with E-state index in [0.29, 0.717) is 29.8 Å². The molecule has 6 nitrogen and oxygen atoms in total. The number of carboxylic acids is 1. The van der Waals surface area contributed by atoms with Crippen LogP contribution in [0.3, 0.4) is 0 Å². The SMILES string of the molecule is O=C(N[C@H]1CC=CC[C@H]2CCC[C@@H](C(=O)O)N2C1=O)c1cccc(Cl)c1. The Bertz CT molecular complexity index is 749. The second-order valence-electron chi connectivity index (χ2n) is 6.66. The van der Waals surface area contributed by atoms with Crippen molar-refractivity contribution in [3.8, 4) is 0 Å². The van der Waals surface area contributed by atoms with Crippen LogP contribution in [0, 0.1) is 0 Å². The molecule has 1 saturated heterocycles. The van der Waals surface area contributed by atoms with Crippen LogP contribution in [0.1, 0.15) is 42.5 Å². The topological polar surface area (TPSA) is 86.7 Å². The summed E-state index contributed by atoms with van der Waals surface area (Å²) in [6.45, 7) is 0. The Morgan fingerprint density at radius 1 is 1.19 bits per heavy atom. The normalized spacial score (nSPS) is 25.8. The largest absolute Gasteiger partial charge is 0.480 e. The molecule has 3 atom stereocenters. The van der Waals surface area contributed by atoms with Gasteiger partial charge in [0.05, 0.1) is 0 Å². The molecule has 2 aliphatic heterocycles. The smallest absolute Gasteiger partial charge is 0.326 e. The highest BCUT2D eigenvalue weighted by atomic mass is 35.5. The highest BCUT2D eigenvalue weighted by Crippen LogP contribution is 2.28. The monoisotopic (exact) mass is 376 g/mol. The molecule has 0 spiro atoms. The lowest BCUT2D eigenvalue weighted by Crippen LogP contribution is -2.59. The first kappa shape index (κ1) is 18.5. The maximum absolute atomic E-state index is 13.1. The second kappa shape index (κ2) is 7.91. The minimum atomic E-state index is -0.993. The number of piperidine rings is 1. The van der Waals surface area contributed by atoms with Gasteiger partial charge in [-0.25, -0.2) is 4.79 Å². The summed E-state index contributed by atoms with van der Waals surface area (Å²) in [5.74, 6) is -1.73.